The van der Waals surface area contributed by atoms with Crippen molar-refractivity contribution in [1.29, 1.82) is 0 Å². The first kappa shape index (κ1) is 11.1. The maximum Gasteiger partial charge on any atom is 0.227 e. The van der Waals surface area contributed by atoms with Crippen molar-refractivity contribution < 1.29 is 4.79 Å². The molecule has 78 valence electrons. The Bertz CT molecular complexity index is 249. The van der Waals surface area contributed by atoms with Gasteiger partial charge in [0.2, 0.25) is 5.91 Å². The lowest BCUT2D eigenvalue weighted by Gasteiger charge is -2.23. The van der Waals surface area contributed by atoms with Crippen molar-refractivity contribution in [2.45, 2.75) is 32.7 Å². The Labute approximate surface area is 85.6 Å². The molecule has 2 unspecified atom stereocenters. The summed E-state index contributed by atoms with van der Waals surface area (Å²) in [5.41, 5.74) is -0.247. The fraction of sp³-hybridized carbons (Fsp3) is 0.727. The van der Waals surface area contributed by atoms with Gasteiger partial charge in [-0.3, -0.25) is 4.79 Å². The molecule has 1 rings (SSSR count). The molecular formula is C11H18N2O. The summed E-state index contributed by atoms with van der Waals surface area (Å²) in [7, 11) is 0. The van der Waals surface area contributed by atoms with Gasteiger partial charge >= 0.3 is 0 Å². The lowest BCUT2D eigenvalue weighted by atomic mass is 9.88. The second kappa shape index (κ2) is 4.47. The van der Waals surface area contributed by atoms with Gasteiger partial charge in [-0.15, -0.1) is 12.3 Å². The number of nitrogens with one attached hydrogen (secondary N) is 2. The summed E-state index contributed by atoms with van der Waals surface area (Å²) < 4.78 is 0. The molecule has 1 aliphatic heterocycles. The minimum absolute atomic E-state index is 0.0740. The molecule has 1 saturated heterocycles. The van der Waals surface area contributed by atoms with E-state index < -0.39 is 0 Å². The van der Waals surface area contributed by atoms with E-state index in [1.165, 1.54) is 0 Å². The van der Waals surface area contributed by atoms with E-state index in [1.54, 1.807) is 0 Å². The van der Waals surface area contributed by atoms with Crippen LogP contribution in [0.3, 0.4) is 0 Å². The summed E-state index contributed by atoms with van der Waals surface area (Å²) in [6, 6.07) is 0.0740. The van der Waals surface area contributed by atoms with Gasteiger partial charge in [-0.1, -0.05) is 0 Å². The fourth-order valence-electron chi connectivity index (χ4n) is 1.64. The third-order valence-corrected chi connectivity index (χ3v) is 2.72. The van der Waals surface area contributed by atoms with Crippen molar-refractivity contribution in [2.75, 3.05) is 13.1 Å². The molecule has 3 heteroatoms. The SMILES string of the molecule is C#CCC(C)NC(=O)C1(C)CCNC1. The van der Waals surface area contributed by atoms with E-state index in [1.807, 2.05) is 13.8 Å². The number of rotatable bonds is 3. The Kier molecular flexibility index (Phi) is 3.54. The first-order chi connectivity index (χ1) is 6.58. The molecule has 1 fully saturated rings. The first-order valence-electron chi connectivity index (χ1n) is 5.03. The van der Waals surface area contributed by atoms with Crippen molar-refractivity contribution in [1.82, 2.24) is 10.6 Å². The highest BCUT2D eigenvalue weighted by Crippen LogP contribution is 2.24. The van der Waals surface area contributed by atoms with E-state index in [-0.39, 0.29) is 17.4 Å². The Hall–Kier alpha value is -1.01. The lowest BCUT2D eigenvalue weighted by molar-refractivity contribution is -0.129. The maximum absolute atomic E-state index is 11.8. The molecule has 0 aromatic carbocycles. The zero-order valence-corrected chi connectivity index (χ0v) is 8.89. The van der Waals surface area contributed by atoms with Gasteiger partial charge in [-0.05, 0) is 26.8 Å². The number of terminal acetylenes is 1. The van der Waals surface area contributed by atoms with Gasteiger partial charge in [0.25, 0.3) is 0 Å². The van der Waals surface area contributed by atoms with E-state index in [0.717, 1.165) is 19.5 Å². The average Bonchev–Trinajstić information content (AvgIpc) is 2.54. The molecule has 1 heterocycles. The van der Waals surface area contributed by atoms with E-state index in [2.05, 4.69) is 16.6 Å². The molecule has 1 aliphatic rings. The monoisotopic (exact) mass is 194 g/mol. The highest BCUT2D eigenvalue weighted by molar-refractivity contribution is 5.83. The van der Waals surface area contributed by atoms with Gasteiger partial charge in [-0.25, -0.2) is 0 Å². The molecule has 14 heavy (non-hydrogen) atoms. The summed E-state index contributed by atoms with van der Waals surface area (Å²) in [6.07, 6.45) is 6.67. The third kappa shape index (κ3) is 2.49. The molecule has 2 atom stereocenters. The van der Waals surface area contributed by atoms with Gasteiger partial charge in [0, 0.05) is 19.0 Å². The molecule has 0 aromatic rings. The lowest BCUT2D eigenvalue weighted by Crippen LogP contribution is -2.44. The van der Waals surface area contributed by atoms with Crippen LogP contribution in [0.5, 0.6) is 0 Å². The van der Waals surface area contributed by atoms with Crippen molar-refractivity contribution in [3.63, 3.8) is 0 Å². The third-order valence-electron chi connectivity index (χ3n) is 2.72. The summed E-state index contributed by atoms with van der Waals surface area (Å²) in [5.74, 6) is 2.66. The van der Waals surface area contributed by atoms with Crippen molar-refractivity contribution >= 4 is 5.91 Å². The van der Waals surface area contributed by atoms with E-state index in [9.17, 15) is 4.79 Å². The summed E-state index contributed by atoms with van der Waals surface area (Å²) in [6.45, 7) is 5.61. The van der Waals surface area contributed by atoms with E-state index >= 15 is 0 Å². The molecule has 1 amide bonds. The predicted molar refractivity (Wildman–Crippen MR) is 56.6 cm³/mol. The van der Waals surface area contributed by atoms with Crippen molar-refractivity contribution in [3.8, 4) is 12.3 Å². The summed E-state index contributed by atoms with van der Waals surface area (Å²) in [5, 5.41) is 6.14. The number of hydrogen-bond acceptors (Lipinski definition) is 2. The minimum atomic E-state index is -0.247. The Morgan fingerprint density at radius 2 is 2.50 bits per heavy atom. The molecule has 3 nitrogen and oxygen atoms in total. The zero-order chi connectivity index (χ0) is 10.6. The highest BCUT2D eigenvalue weighted by atomic mass is 16.2. The van der Waals surface area contributed by atoms with Gasteiger partial charge in [0.1, 0.15) is 0 Å². The van der Waals surface area contributed by atoms with Crippen LogP contribution >= 0.6 is 0 Å². The maximum atomic E-state index is 11.8. The van der Waals surface area contributed by atoms with Gasteiger partial charge in [-0.2, -0.15) is 0 Å². The van der Waals surface area contributed by atoms with Gasteiger partial charge < -0.3 is 10.6 Å². The molecule has 0 saturated carbocycles. The van der Waals surface area contributed by atoms with E-state index in [0.29, 0.717) is 6.42 Å². The Morgan fingerprint density at radius 1 is 1.79 bits per heavy atom. The normalized spacial score (nSPS) is 28.1. The van der Waals surface area contributed by atoms with Crippen LogP contribution in [0.4, 0.5) is 0 Å². The standard InChI is InChI=1S/C11H18N2O/c1-4-5-9(2)13-10(14)11(3)6-7-12-8-11/h1,9,12H,5-8H2,2-3H3,(H,13,14). The van der Waals surface area contributed by atoms with Crippen LogP contribution in [0.15, 0.2) is 0 Å². The highest BCUT2D eigenvalue weighted by Gasteiger charge is 2.36. The van der Waals surface area contributed by atoms with Crippen LogP contribution in [0, 0.1) is 17.8 Å². The number of carbonyl (C=O) groups excluding carboxylic acids is 1. The second-order valence-electron chi connectivity index (χ2n) is 4.27. The average molecular weight is 194 g/mol. The van der Waals surface area contributed by atoms with Crippen LogP contribution in [0.25, 0.3) is 0 Å². The summed E-state index contributed by atoms with van der Waals surface area (Å²) in [4.78, 5) is 11.8. The fourth-order valence-corrected chi connectivity index (χ4v) is 1.64. The minimum Gasteiger partial charge on any atom is -0.352 e. The molecule has 0 bridgehead atoms. The van der Waals surface area contributed by atoms with Crippen LogP contribution in [-0.2, 0) is 4.79 Å². The van der Waals surface area contributed by atoms with Crippen LogP contribution in [0.2, 0.25) is 0 Å². The molecule has 0 aliphatic carbocycles. The molecule has 2 N–H and O–H groups in total. The number of hydrogen-bond donors (Lipinski definition) is 2. The predicted octanol–water partition coefficient (Wildman–Crippen LogP) is 0.514. The van der Waals surface area contributed by atoms with Crippen LogP contribution < -0.4 is 10.6 Å². The molecule has 0 aromatic heterocycles. The zero-order valence-electron chi connectivity index (χ0n) is 8.89. The molecule has 0 spiro atoms. The largest absolute Gasteiger partial charge is 0.352 e. The smallest absolute Gasteiger partial charge is 0.227 e. The van der Waals surface area contributed by atoms with Crippen molar-refractivity contribution in [2.24, 2.45) is 5.41 Å². The van der Waals surface area contributed by atoms with Gasteiger partial charge in [0.15, 0.2) is 0 Å². The van der Waals surface area contributed by atoms with Crippen LogP contribution in [0.1, 0.15) is 26.7 Å². The van der Waals surface area contributed by atoms with Gasteiger partial charge in [0.05, 0.1) is 5.41 Å². The topological polar surface area (TPSA) is 41.1 Å². The first-order valence-corrected chi connectivity index (χ1v) is 5.03. The Morgan fingerprint density at radius 3 is 3.00 bits per heavy atom. The Balaban J connectivity index is 2.45. The number of carbonyl (C=O) groups is 1. The van der Waals surface area contributed by atoms with Crippen molar-refractivity contribution in [3.05, 3.63) is 0 Å². The van der Waals surface area contributed by atoms with E-state index in [4.69, 9.17) is 6.42 Å². The molecular weight excluding hydrogens is 176 g/mol. The summed E-state index contributed by atoms with van der Waals surface area (Å²) >= 11 is 0. The number of amides is 1. The molecule has 0 radical (unpaired) electrons. The van der Waals surface area contributed by atoms with Crippen LogP contribution in [-0.4, -0.2) is 25.0 Å². The second-order valence-corrected chi connectivity index (χ2v) is 4.27. The quantitative estimate of drug-likeness (QED) is 0.643.